The molecule has 4 nitrogen and oxygen atoms in total. The Balaban J connectivity index is 1.82. The van der Waals surface area contributed by atoms with Crippen LogP contribution >= 0.6 is 0 Å². The van der Waals surface area contributed by atoms with Gasteiger partial charge in [-0.3, -0.25) is 4.79 Å². The molecule has 0 bridgehead atoms. The first-order valence-electron chi connectivity index (χ1n) is 7.68. The molecule has 3 rings (SSSR count). The molecule has 2 aromatic rings. The number of H-pyrrole nitrogens is 1. The summed E-state index contributed by atoms with van der Waals surface area (Å²) in [6.45, 7) is 6.26. The van der Waals surface area contributed by atoms with E-state index in [0.29, 0.717) is 11.1 Å². The maximum absolute atomic E-state index is 12.7. The number of aromatic nitrogens is 1. The van der Waals surface area contributed by atoms with Crippen molar-refractivity contribution in [1.29, 1.82) is 0 Å². The van der Waals surface area contributed by atoms with Gasteiger partial charge in [0.1, 0.15) is 0 Å². The van der Waals surface area contributed by atoms with Crippen LogP contribution in [-0.4, -0.2) is 28.9 Å². The van der Waals surface area contributed by atoms with E-state index in [1.165, 1.54) is 6.42 Å². The molecule has 0 saturated carbocycles. The first kappa shape index (κ1) is 14.0. The van der Waals surface area contributed by atoms with Crippen molar-refractivity contribution in [3.05, 3.63) is 30.0 Å². The van der Waals surface area contributed by atoms with Crippen molar-refractivity contribution in [1.82, 2.24) is 9.88 Å². The Morgan fingerprint density at radius 3 is 2.76 bits per heavy atom. The molecular weight excluding hydrogens is 262 g/mol. The Labute approximate surface area is 125 Å². The number of nitrogen functional groups attached to an aromatic ring is 1. The number of benzene rings is 1. The number of rotatable bonds is 2. The highest BCUT2D eigenvalue weighted by atomic mass is 16.2. The van der Waals surface area contributed by atoms with Gasteiger partial charge in [-0.15, -0.1) is 0 Å². The Morgan fingerprint density at radius 2 is 2.10 bits per heavy atom. The summed E-state index contributed by atoms with van der Waals surface area (Å²) < 4.78 is 0. The highest BCUT2D eigenvalue weighted by Crippen LogP contribution is 2.34. The maximum atomic E-state index is 12.7. The van der Waals surface area contributed by atoms with Crippen molar-refractivity contribution in [3.8, 4) is 0 Å². The minimum absolute atomic E-state index is 0.129. The molecule has 0 spiro atoms. The van der Waals surface area contributed by atoms with Crippen LogP contribution in [0.3, 0.4) is 0 Å². The molecule has 21 heavy (non-hydrogen) atoms. The van der Waals surface area contributed by atoms with E-state index >= 15 is 0 Å². The van der Waals surface area contributed by atoms with Crippen molar-refractivity contribution >= 4 is 22.5 Å². The summed E-state index contributed by atoms with van der Waals surface area (Å²) in [5, 5.41) is 0.957. The number of likely N-dealkylation sites (tertiary alicyclic amines) is 1. The lowest BCUT2D eigenvalue weighted by Gasteiger charge is -2.38. The molecule has 4 heteroatoms. The van der Waals surface area contributed by atoms with Crippen LogP contribution in [0.4, 0.5) is 5.69 Å². The number of aromatic amines is 1. The molecule has 1 saturated heterocycles. The van der Waals surface area contributed by atoms with Gasteiger partial charge in [0.25, 0.3) is 5.91 Å². The lowest BCUT2D eigenvalue weighted by atomic mass is 9.78. The Kier molecular flexibility index (Phi) is 3.40. The smallest absolute Gasteiger partial charge is 0.256 e. The zero-order valence-electron chi connectivity index (χ0n) is 12.8. The third kappa shape index (κ3) is 2.50. The van der Waals surface area contributed by atoms with Crippen LogP contribution in [0.5, 0.6) is 0 Å². The Morgan fingerprint density at radius 1 is 1.38 bits per heavy atom. The van der Waals surface area contributed by atoms with Crippen LogP contribution in [0.2, 0.25) is 0 Å². The molecule has 112 valence electrons. The topological polar surface area (TPSA) is 62.1 Å². The van der Waals surface area contributed by atoms with Crippen molar-refractivity contribution < 1.29 is 4.79 Å². The molecule has 1 aromatic carbocycles. The lowest BCUT2D eigenvalue weighted by molar-refractivity contribution is 0.0602. The van der Waals surface area contributed by atoms with Crippen LogP contribution < -0.4 is 5.73 Å². The van der Waals surface area contributed by atoms with E-state index in [1.807, 2.05) is 23.1 Å². The van der Waals surface area contributed by atoms with Gasteiger partial charge in [0.2, 0.25) is 0 Å². The highest BCUT2D eigenvalue weighted by Gasteiger charge is 2.31. The summed E-state index contributed by atoms with van der Waals surface area (Å²) in [6.07, 6.45) is 5.16. The molecule has 3 N–H and O–H groups in total. The van der Waals surface area contributed by atoms with Crippen molar-refractivity contribution in [3.63, 3.8) is 0 Å². The van der Waals surface area contributed by atoms with Gasteiger partial charge in [0.05, 0.1) is 5.56 Å². The first-order chi connectivity index (χ1) is 10.0. The van der Waals surface area contributed by atoms with Gasteiger partial charge in [0.15, 0.2) is 0 Å². The number of carbonyl (C=O) groups excluding carboxylic acids is 1. The quantitative estimate of drug-likeness (QED) is 0.831. The zero-order valence-corrected chi connectivity index (χ0v) is 12.8. The molecule has 1 fully saturated rings. The fourth-order valence-corrected chi connectivity index (χ4v) is 3.09. The average molecular weight is 285 g/mol. The van der Waals surface area contributed by atoms with Gasteiger partial charge in [-0.25, -0.2) is 0 Å². The number of hydrogen-bond acceptors (Lipinski definition) is 2. The van der Waals surface area contributed by atoms with Crippen LogP contribution in [0.15, 0.2) is 24.4 Å². The predicted molar refractivity (Wildman–Crippen MR) is 86.2 cm³/mol. The second-order valence-electron chi connectivity index (χ2n) is 6.46. The fourth-order valence-electron chi connectivity index (χ4n) is 3.09. The van der Waals surface area contributed by atoms with E-state index < -0.39 is 0 Å². The standard InChI is InChI=1S/C17H23N3O/c1-3-17(2)6-8-20(9-7-17)16(21)14-11-19-15-10-12(18)4-5-13(14)15/h4-5,10-11,19H,3,6-9,18H2,1-2H3. The van der Waals surface area contributed by atoms with Gasteiger partial charge < -0.3 is 15.6 Å². The summed E-state index contributed by atoms with van der Waals surface area (Å²) in [5.74, 6) is 0.129. The minimum Gasteiger partial charge on any atom is -0.399 e. The molecule has 0 radical (unpaired) electrons. The average Bonchev–Trinajstić information content (AvgIpc) is 2.90. The summed E-state index contributed by atoms with van der Waals surface area (Å²) in [5.41, 5.74) is 8.56. The molecule has 1 aliphatic heterocycles. The van der Waals surface area contributed by atoms with Gasteiger partial charge in [-0.2, -0.15) is 0 Å². The number of carbonyl (C=O) groups is 1. The molecular formula is C17H23N3O. The molecule has 1 amide bonds. The van der Waals surface area contributed by atoms with E-state index in [1.54, 1.807) is 6.20 Å². The van der Waals surface area contributed by atoms with Gasteiger partial charge in [-0.05, 0) is 36.5 Å². The summed E-state index contributed by atoms with van der Waals surface area (Å²) in [7, 11) is 0. The van der Waals surface area contributed by atoms with Crippen LogP contribution in [0, 0.1) is 5.41 Å². The molecule has 1 aromatic heterocycles. The normalized spacial score (nSPS) is 18.1. The number of nitrogens with two attached hydrogens (primary N) is 1. The van der Waals surface area contributed by atoms with Crippen LogP contribution in [0.1, 0.15) is 43.5 Å². The van der Waals surface area contributed by atoms with Crippen molar-refractivity contribution in [2.24, 2.45) is 5.41 Å². The minimum atomic E-state index is 0.129. The molecule has 0 aliphatic carbocycles. The van der Waals surface area contributed by atoms with Gasteiger partial charge >= 0.3 is 0 Å². The van der Waals surface area contributed by atoms with Crippen molar-refractivity contribution in [2.75, 3.05) is 18.8 Å². The maximum Gasteiger partial charge on any atom is 0.256 e. The third-order valence-electron chi connectivity index (χ3n) is 5.05. The molecule has 1 aliphatic rings. The summed E-state index contributed by atoms with van der Waals surface area (Å²) in [6, 6.07) is 5.64. The molecule has 0 atom stereocenters. The predicted octanol–water partition coefficient (Wildman–Crippen LogP) is 3.40. The van der Waals surface area contributed by atoms with E-state index in [0.717, 1.165) is 42.4 Å². The van der Waals surface area contributed by atoms with Crippen LogP contribution in [0.25, 0.3) is 10.9 Å². The van der Waals surface area contributed by atoms with E-state index in [2.05, 4.69) is 18.8 Å². The lowest BCUT2D eigenvalue weighted by Crippen LogP contribution is -2.41. The first-order valence-corrected chi connectivity index (χ1v) is 7.68. The number of piperidine rings is 1. The molecule has 2 heterocycles. The second kappa shape index (κ2) is 5.10. The van der Waals surface area contributed by atoms with Crippen LogP contribution in [-0.2, 0) is 0 Å². The largest absolute Gasteiger partial charge is 0.399 e. The Hall–Kier alpha value is -1.97. The monoisotopic (exact) mass is 285 g/mol. The van der Waals surface area contributed by atoms with Gasteiger partial charge in [-0.1, -0.05) is 20.3 Å². The van der Waals surface area contributed by atoms with E-state index in [9.17, 15) is 4.79 Å². The van der Waals surface area contributed by atoms with E-state index in [4.69, 9.17) is 5.73 Å². The number of amides is 1. The summed E-state index contributed by atoms with van der Waals surface area (Å²) in [4.78, 5) is 17.9. The molecule has 0 unspecified atom stereocenters. The second-order valence-corrected chi connectivity index (χ2v) is 6.46. The SMILES string of the molecule is CCC1(C)CCN(C(=O)c2c[nH]c3cc(N)ccc23)CC1. The number of fused-ring (bicyclic) bond motifs is 1. The number of hydrogen-bond donors (Lipinski definition) is 2. The third-order valence-corrected chi connectivity index (χ3v) is 5.05. The Bertz CT molecular complexity index is 666. The zero-order chi connectivity index (χ0) is 15.0. The summed E-state index contributed by atoms with van der Waals surface area (Å²) >= 11 is 0. The van der Waals surface area contributed by atoms with Gasteiger partial charge in [0, 0.05) is 35.9 Å². The number of anilines is 1. The van der Waals surface area contributed by atoms with E-state index in [-0.39, 0.29) is 5.91 Å². The fraction of sp³-hybridized carbons (Fsp3) is 0.471. The highest BCUT2D eigenvalue weighted by molar-refractivity contribution is 6.07. The van der Waals surface area contributed by atoms with Crippen molar-refractivity contribution in [2.45, 2.75) is 33.1 Å². The number of nitrogens with one attached hydrogen (secondary N) is 1. The number of nitrogens with zero attached hydrogens (tertiary/aromatic N) is 1.